The first-order valence-corrected chi connectivity index (χ1v) is 3.27. The van der Waals surface area contributed by atoms with Crippen molar-refractivity contribution < 1.29 is 13.2 Å². The van der Waals surface area contributed by atoms with Gasteiger partial charge in [0.1, 0.15) is 0 Å². The fourth-order valence-corrected chi connectivity index (χ4v) is 0.347. The molecule has 5 heteroatoms. The zero-order chi connectivity index (χ0) is 6.78. The highest BCUT2D eigenvalue weighted by atomic mass is 32.2. The smallest absolute Gasteiger partial charge is 0.165 e. The van der Waals surface area contributed by atoms with E-state index in [1.165, 1.54) is 6.26 Å². The molecule has 0 aromatic heterocycles. The summed E-state index contributed by atoms with van der Waals surface area (Å²) in [6, 6.07) is 0. The van der Waals surface area contributed by atoms with Crippen LogP contribution in [0.2, 0.25) is 0 Å². The van der Waals surface area contributed by atoms with Crippen LogP contribution in [0.5, 0.6) is 0 Å². The molecule has 0 saturated heterocycles. The standard InChI is InChI=1S/C3H3F3S2/c1-8-2(7)3(4,5)6/h1H3. The van der Waals surface area contributed by atoms with Crippen molar-refractivity contribution in [2.24, 2.45) is 0 Å². The number of alkyl halides is 3. The molecule has 8 heavy (non-hydrogen) atoms. The van der Waals surface area contributed by atoms with E-state index in [2.05, 4.69) is 12.2 Å². The van der Waals surface area contributed by atoms with Crippen LogP contribution in [0.4, 0.5) is 13.2 Å². The van der Waals surface area contributed by atoms with Gasteiger partial charge in [0.2, 0.25) is 0 Å². The van der Waals surface area contributed by atoms with Crippen LogP contribution in [0.3, 0.4) is 0 Å². The largest absolute Gasteiger partial charge is 0.432 e. The van der Waals surface area contributed by atoms with E-state index in [1.54, 1.807) is 0 Å². The molecule has 0 bridgehead atoms. The van der Waals surface area contributed by atoms with E-state index in [0.717, 1.165) is 0 Å². The van der Waals surface area contributed by atoms with E-state index >= 15 is 0 Å². The van der Waals surface area contributed by atoms with Crippen LogP contribution < -0.4 is 0 Å². The maximum atomic E-state index is 11.3. The van der Waals surface area contributed by atoms with Gasteiger partial charge in [0, 0.05) is 0 Å². The van der Waals surface area contributed by atoms with Crippen molar-refractivity contribution in [2.75, 3.05) is 6.26 Å². The van der Waals surface area contributed by atoms with Gasteiger partial charge in [-0.15, -0.1) is 11.8 Å². The van der Waals surface area contributed by atoms with Gasteiger partial charge in [0.25, 0.3) is 0 Å². The Morgan fingerprint density at radius 3 is 1.88 bits per heavy atom. The van der Waals surface area contributed by atoms with Crippen molar-refractivity contribution in [3.05, 3.63) is 0 Å². The Hall–Kier alpha value is 0.230. The number of halogens is 3. The molecule has 48 valence electrons. The second kappa shape index (κ2) is 2.68. The lowest BCUT2D eigenvalue weighted by molar-refractivity contribution is -0.0531. The summed E-state index contributed by atoms with van der Waals surface area (Å²) in [4.78, 5) is 0. The van der Waals surface area contributed by atoms with Crippen LogP contribution in [0, 0.1) is 0 Å². The Balaban J connectivity index is 3.82. The Bertz CT molecular complexity index is 95.2. The second-order valence-corrected chi connectivity index (χ2v) is 2.47. The summed E-state index contributed by atoms with van der Waals surface area (Å²) >= 11 is 4.47. The molecule has 0 unspecified atom stereocenters. The fraction of sp³-hybridized carbons (Fsp3) is 0.667. The number of hydrogen-bond acceptors (Lipinski definition) is 2. The van der Waals surface area contributed by atoms with Crippen LogP contribution in [0.25, 0.3) is 0 Å². The van der Waals surface area contributed by atoms with Gasteiger partial charge in [-0.05, 0) is 6.26 Å². The summed E-state index contributed by atoms with van der Waals surface area (Å²) in [5.74, 6) is 0. The molecule has 0 saturated carbocycles. The van der Waals surface area contributed by atoms with Gasteiger partial charge >= 0.3 is 6.18 Å². The molecule has 0 aromatic carbocycles. The summed E-state index contributed by atoms with van der Waals surface area (Å²) < 4.78 is 32.9. The van der Waals surface area contributed by atoms with Crippen LogP contribution in [-0.2, 0) is 0 Å². The third kappa shape index (κ3) is 2.52. The molecule has 0 aliphatic carbocycles. The molecule has 0 fully saturated rings. The van der Waals surface area contributed by atoms with Crippen LogP contribution in [0.1, 0.15) is 0 Å². The maximum absolute atomic E-state index is 11.3. The van der Waals surface area contributed by atoms with Gasteiger partial charge in [0.05, 0.1) is 0 Å². The maximum Gasteiger partial charge on any atom is 0.432 e. The van der Waals surface area contributed by atoms with Gasteiger partial charge in [-0.2, -0.15) is 13.2 Å². The lowest BCUT2D eigenvalue weighted by Crippen LogP contribution is -2.16. The molecular formula is C3H3F3S2. The van der Waals surface area contributed by atoms with Gasteiger partial charge < -0.3 is 0 Å². The van der Waals surface area contributed by atoms with Crippen molar-refractivity contribution in [3.63, 3.8) is 0 Å². The third-order valence-electron chi connectivity index (χ3n) is 0.417. The van der Waals surface area contributed by atoms with Crippen LogP contribution in [0.15, 0.2) is 0 Å². The van der Waals surface area contributed by atoms with E-state index in [9.17, 15) is 13.2 Å². The number of hydrogen-bond donors (Lipinski definition) is 0. The number of thioether (sulfide) groups is 1. The van der Waals surface area contributed by atoms with Crippen molar-refractivity contribution in [1.29, 1.82) is 0 Å². The summed E-state index contributed by atoms with van der Waals surface area (Å²) in [7, 11) is 0. The highest BCUT2D eigenvalue weighted by Gasteiger charge is 2.32. The minimum atomic E-state index is -4.30. The van der Waals surface area contributed by atoms with Gasteiger partial charge in [-0.25, -0.2) is 0 Å². The predicted molar refractivity (Wildman–Crippen MR) is 32.2 cm³/mol. The zero-order valence-corrected chi connectivity index (χ0v) is 5.58. The molecule has 0 aromatic rings. The Morgan fingerprint density at radius 2 is 1.88 bits per heavy atom. The topological polar surface area (TPSA) is 0 Å². The third-order valence-corrected chi connectivity index (χ3v) is 1.75. The normalized spacial score (nSPS) is 11.5. The lowest BCUT2D eigenvalue weighted by atomic mass is 10.8. The van der Waals surface area contributed by atoms with Crippen LogP contribution in [-0.4, -0.2) is 16.6 Å². The molecule has 0 aliphatic heterocycles. The van der Waals surface area contributed by atoms with E-state index in [0.29, 0.717) is 11.8 Å². The minimum Gasteiger partial charge on any atom is -0.165 e. The highest BCUT2D eigenvalue weighted by molar-refractivity contribution is 8.22. The monoisotopic (exact) mass is 160 g/mol. The fourth-order valence-electron chi connectivity index (χ4n) is 0.116. The first-order chi connectivity index (χ1) is 3.48. The molecule has 0 aliphatic rings. The highest BCUT2D eigenvalue weighted by Crippen LogP contribution is 2.22. The molecular weight excluding hydrogens is 157 g/mol. The number of rotatable bonds is 0. The summed E-state index contributed by atoms with van der Waals surface area (Å²) in [6.45, 7) is 0. The van der Waals surface area contributed by atoms with E-state index in [1.807, 2.05) is 0 Å². The molecule has 0 amide bonds. The quantitative estimate of drug-likeness (QED) is 0.498. The van der Waals surface area contributed by atoms with Gasteiger partial charge in [-0.1, -0.05) is 12.2 Å². The predicted octanol–water partition coefficient (Wildman–Crippen LogP) is 2.24. The van der Waals surface area contributed by atoms with Crippen molar-refractivity contribution in [2.45, 2.75) is 6.18 Å². The zero-order valence-electron chi connectivity index (χ0n) is 3.95. The molecule has 0 spiro atoms. The molecule has 0 rings (SSSR count). The van der Waals surface area contributed by atoms with E-state index in [4.69, 9.17) is 0 Å². The molecule has 0 radical (unpaired) electrons. The number of thiocarbonyl (C=S) groups is 1. The van der Waals surface area contributed by atoms with Crippen molar-refractivity contribution in [3.8, 4) is 0 Å². The van der Waals surface area contributed by atoms with E-state index in [-0.39, 0.29) is 0 Å². The molecule has 0 atom stereocenters. The molecule has 0 nitrogen and oxygen atoms in total. The van der Waals surface area contributed by atoms with E-state index < -0.39 is 10.4 Å². The first kappa shape index (κ1) is 8.23. The van der Waals surface area contributed by atoms with Crippen molar-refractivity contribution >= 4 is 28.2 Å². The van der Waals surface area contributed by atoms with Gasteiger partial charge in [-0.3, -0.25) is 0 Å². The lowest BCUT2D eigenvalue weighted by Gasteiger charge is -2.02. The molecule has 0 heterocycles. The van der Waals surface area contributed by atoms with Gasteiger partial charge in [0.15, 0.2) is 4.20 Å². The average Bonchev–Trinajstić information content (AvgIpc) is 1.62. The summed E-state index contributed by atoms with van der Waals surface area (Å²) in [5.41, 5.74) is 0. The van der Waals surface area contributed by atoms with Crippen LogP contribution >= 0.6 is 24.0 Å². The Labute approximate surface area is 54.4 Å². The average molecular weight is 160 g/mol. The minimum absolute atomic E-state index is 0.538. The second-order valence-electron chi connectivity index (χ2n) is 0.989. The Kier molecular flexibility index (Phi) is 2.76. The summed E-state index contributed by atoms with van der Waals surface area (Å²) in [6.07, 6.45) is -3.00. The first-order valence-electron chi connectivity index (χ1n) is 1.63. The SMILES string of the molecule is CSC(=S)C(F)(F)F. The Morgan fingerprint density at radius 1 is 1.50 bits per heavy atom. The summed E-state index contributed by atoms with van der Waals surface area (Å²) in [5, 5.41) is 0. The molecule has 0 N–H and O–H groups in total. The van der Waals surface area contributed by atoms with Crippen molar-refractivity contribution in [1.82, 2.24) is 0 Å².